The molecule has 1 heterocycles. The first-order valence-corrected chi connectivity index (χ1v) is 6.57. The summed E-state index contributed by atoms with van der Waals surface area (Å²) in [5.41, 5.74) is 0. The van der Waals surface area contributed by atoms with Gasteiger partial charge in [0.25, 0.3) is 0 Å². The highest BCUT2D eigenvalue weighted by atomic mass is 15.5. The van der Waals surface area contributed by atoms with Gasteiger partial charge in [0.05, 0.1) is 6.04 Å². The number of rotatable bonds is 6. The molecule has 0 spiro atoms. The van der Waals surface area contributed by atoms with E-state index in [2.05, 4.69) is 48.5 Å². The topological polar surface area (TPSA) is 55.6 Å². The second-order valence-corrected chi connectivity index (χ2v) is 5.72. The third-order valence-electron chi connectivity index (χ3n) is 3.46. The first-order chi connectivity index (χ1) is 8.08. The molecule has 0 aliphatic heterocycles. The normalized spacial score (nSPS) is 25.2. The Morgan fingerprint density at radius 3 is 2.71 bits per heavy atom. The molecular weight excluding hydrogens is 214 g/mol. The van der Waals surface area contributed by atoms with E-state index in [0.717, 1.165) is 30.7 Å². The first kappa shape index (κ1) is 12.5. The van der Waals surface area contributed by atoms with Crippen LogP contribution in [0.4, 0.5) is 0 Å². The Hall–Kier alpha value is -0.970. The molecule has 1 aromatic heterocycles. The summed E-state index contributed by atoms with van der Waals surface area (Å²) in [6, 6.07) is 0.224. The van der Waals surface area contributed by atoms with Gasteiger partial charge in [0.15, 0.2) is 5.82 Å². The molecule has 1 N–H and O–H groups in total. The minimum atomic E-state index is 0.224. The van der Waals surface area contributed by atoms with Crippen molar-refractivity contribution >= 4 is 0 Å². The molecule has 3 unspecified atom stereocenters. The Morgan fingerprint density at radius 1 is 1.41 bits per heavy atom. The zero-order valence-electron chi connectivity index (χ0n) is 11.2. The molecule has 5 heteroatoms. The van der Waals surface area contributed by atoms with Crippen LogP contribution in [0.3, 0.4) is 0 Å². The second kappa shape index (κ2) is 5.12. The van der Waals surface area contributed by atoms with Crippen molar-refractivity contribution in [1.82, 2.24) is 25.5 Å². The minimum Gasteiger partial charge on any atom is -0.307 e. The molecule has 1 aliphatic carbocycles. The fraction of sp³-hybridized carbons (Fsp3) is 0.917. The fourth-order valence-electron chi connectivity index (χ4n) is 2.03. The Balaban J connectivity index is 1.92. The lowest BCUT2D eigenvalue weighted by atomic mass is 10.2. The van der Waals surface area contributed by atoms with E-state index < -0.39 is 0 Å². The van der Waals surface area contributed by atoms with Crippen LogP contribution in [0.25, 0.3) is 0 Å². The van der Waals surface area contributed by atoms with E-state index in [1.54, 1.807) is 0 Å². The molecule has 96 valence electrons. The van der Waals surface area contributed by atoms with Crippen LogP contribution in [0, 0.1) is 17.8 Å². The fourth-order valence-corrected chi connectivity index (χ4v) is 2.03. The predicted octanol–water partition coefficient (Wildman–Crippen LogP) is 1.64. The lowest BCUT2D eigenvalue weighted by molar-refractivity contribution is 0.438. The maximum Gasteiger partial charge on any atom is 0.167 e. The average molecular weight is 237 g/mol. The molecule has 5 nitrogen and oxygen atoms in total. The van der Waals surface area contributed by atoms with Crippen LogP contribution in [-0.4, -0.2) is 26.8 Å². The number of hydrogen-bond donors (Lipinski definition) is 1. The van der Waals surface area contributed by atoms with Crippen molar-refractivity contribution in [2.24, 2.45) is 17.8 Å². The van der Waals surface area contributed by atoms with Crippen LogP contribution in [0.1, 0.15) is 46.0 Å². The van der Waals surface area contributed by atoms with Gasteiger partial charge in [-0.05, 0) is 48.1 Å². The predicted molar refractivity (Wildman–Crippen MR) is 66.3 cm³/mol. The lowest BCUT2D eigenvalue weighted by Crippen LogP contribution is -2.26. The summed E-state index contributed by atoms with van der Waals surface area (Å²) in [6.45, 7) is 10.8. The summed E-state index contributed by atoms with van der Waals surface area (Å²) in [5, 5.41) is 15.5. The summed E-state index contributed by atoms with van der Waals surface area (Å²) < 4.78 is 1.96. The van der Waals surface area contributed by atoms with Gasteiger partial charge >= 0.3 is 0 Å². The van der Waals surface area contributed by atoms with Crippen molar-refractivity contribution in [3.63, 3.8) is 0 Å². The van der Waals surface area contributed by atoms with Gasteiger partial charge in [-0.15, -0.1) is 5.10 Å². The molecule has 1 saturated carbocycles. The summed E-state index contributed by atoms with van der Waals surface area (Å²) in [4.78, 5) is 0. The van der Waals surface area contributed by atoms with Crippen LogP contribution >= 0.6 is 0 Å². The Kier molecular flexibility index (Phi) is 3.76. The van der Waals surface area contributed by atoms with Gasteiger partial charge in [-0.25, -0.2) is 4.68 Å². The first-order valence-electron chi connectivity index (χ1n) is 6.57. The molecule has 1 fully saturated rings. The molecule has 0 amide bonds. The maximum absolute atomic E-state index is 4.14. The zero-order valence-corrected chi connectivity index (χ0v) is 11.2. The van der Waals surface area contributed by atoms with Gasteiger partial charge in [0.1, 0.15) is 0 Å². The quantitative estimate of drug-likeness (QED) is 0.817. The molecule has 1 aliphatic rings. The minimum absolute atomic E-state index is 0.224. The Bertz CT molecular complexity index is 360. The molecule has 0 radical (unpaired) electrons. The summed E-state index contributed by atoms with van der Waals surface area (Å²) in [7, 11) is 0. The van der Waals surface area contributed by atoms with Crippen LogP contribution in [0.2, 0.25) is 0 Å². The molecular formula is C12H23N5. The number of nitrogens with one attached hydrogen (secondary N) is 1. The SMILES string of the molecule is CC(C)CNC(C)c1nnnn1CC1CC1C. The summed E-state index contributed by atoms with van der Waals surface area (Å²) in [6.07, 6.45) is 1.31. The van der Waals surface area contributed by atoms with E-state index in [1.807, 2.05) is 4.68 Å². The van der Waals surface area contributed by atoms with Gasteiger partial charge in [-0.1, -0.05) is 20.8 Å². The molecule has 1 aromatic rings. The molecule has 0 bridgehead atoms. The van der Waals surface area contributed by atoms with Gasteiger partial charge in [-0.3, -0.25) is 0 Å². The Morgan fingerprint density at radius 2 is 2.12 bits per heavy atom. The maximum atomic E-state index is 4.14. The third-order valence-corrected chi connectivity index (χ3v) is 3.46. The largest absolute Gasteiger partial charge is 0.307 e. The molecule has 0 aromatic carbocycles. The van der Waals surface area contributed by atoms with E-state index in [0.29, 0.717) is 5.92 Å². The van der Waals surface area contributed by atoms with E-state index in [4.69, 9.17) is 0 Å². The second-order valence-electron chi connectivity index (χ2n) is 5.72. The van der Waals surface area contributed by atoms with E-state index in [1.165, 1.54) is 6.42 Å². The third kappa shape index (κ3) is 3.25. The van der Waals surface area contributed by atoms with Crippen LogP contribution in [0.15, 0.2) is 0 Å². The van der Waals surface area contributed by atoms with Crippen molar-refractivity contribution in [3.8, 4) is 0 Å². The van der Waals surface area contributed by atoms with Crippen molar-refractivity contribution < 1.29 is 0 Å². The van der Waals surface area contributed by atoms with E-state index >= 15 is 0 Å². The van der Waals surface area contributed by atoms with Crippen molar-refractivity contribution in [3.05, 3.63) is 5.82 Å². The van der Waals surface area contributed by atoms with Gasteiger partial charge in [0, 0.05) is 6.54 Å². The monoisotopic (exact) mass is 237 g/mol. The van der Waals surface area contributed by atoms with E-state index in [-0.39, 0.29) is 6.04 Å². The highest BCUT2D eigenvalue weighted by molar-refractivity contribution is 4.92. The number of aromatic nitrogens is 4. The van der Waals surface area contributed by atoms with Crippen molar-refractivity contribution in [2.45, 2.75) is 46.7 Å². The van der Waals surface area contributed by atoms with Crippen LogP contribution in [-0.2, 0) is 6.54 Å². The lowest BCUT2D eigenvalue weighted by Gasteiger charge is -2.15. The molecule has 0 saturated heterocycles. The van der Waals surface area contributed by atoms with Crippen LogP contribution in [0.5, 0.6) is 0 Å². The van der Waals surface area contributed by atoms with Crippen molar-refractivity contribution in [1.29, 1.82) is 0 Å². The highest BCUT2D eigenvalue weighted by Gasteiger charge is 2.34. The number of tetrazole rings is 1. The van der Waals surface area contributed by atoms with Gasteiger partial charge in [0.2, 0.25) is 0 Å². The van der Waals surface area contributed by atoms with Gasteiger partial charge < -0.3 is 5.32 Å². The van der Waals surface area contributed by atoms with E-state index in [9.17, 15) is 0 Å². The average Bonchev–Trinajstić information content (AvgIpc) is 2.78. The Labute approximate surface area is 103 Å². The molecule has 2 rings (SSSR count). The highest BCUT2D eigenvalue weighted by Crippen LogP contribution is 2.39. The van der Waals surface area contributed by atoms with Crippen LogP contribution < -0.4 is 5.32 Å². The van der Waals surface area contributed by atoms with Crippen molar-refractivity contribution in [2.75, 3.05) is 6.54 Å². The molecule has 17 heavy (non-hydrogen) atoms. The number of nitrogens with zero attached hydrogens (tertiary/aromatic N) is 4. The number of hydrogen-bond acceptors (Lipinski definition) is 4. The standard InChI is InChI=1S/C12H23N5/c1-8(2)6-13-10(4)12-14-15-16-17(12)7-11-5-9(11)3/h8-11,13H,5-7H2,1-4H3. The zero-order chi connectivity index (χ0) is 12.4. The van der Waals surface area contributed by atoms with Gasteiger partial charge in [-0.2, -0.15) is 0 Å². The molecule has 3 atom stereocenters. The summed E-state index contributed by atoms with van der Waals surface area (Å²) in [5.74, 6) is 3.22. The smallest absolute Gasteiger partial charge is 0.167 e. The summed E-state index contributed by atoms with van der Waals surface area (Å²) >= 11 is 0.